The summed E-state index contributed by atoms with van der Waals surface area (Å²) in [4.78, 5) is 0.270. The predicted octanol–water partition coefficient (Wildman–Crippen LogP) is 1.71. The second-order valence-corrected chi connectivity index (χ2v) is 6.82. The summed E-state index contributed by atoms with van der Waals surface area (Å²) >= 11 is 5.85. The molecule has 1 fully saturated rings. The molecule has 1 aliphatic heterocycles. The van der Waals surface area contributed by atoms with E-state index in [1.807, 2.05) is 7.05 Å². The van der Waals surface area contributed by atoms with Gasteiger partial charge in [-0.05, 0) is 38.1 Å². The molecule has 0 unspecified atom stereocenters. The van der Waals surface area contributed by atoms with Crippen LogP contribution in [0.15, 0.2) is 29.2 Å². The zero-order chi connectivity index (χ0) is 13.2. The highest BCUT2D eigenvalue weighted by molar-refractivity contribution is 7.89. The topological polar surface area (TPSA) is 49.4 Å². The highest BCUT2D eigenvalue weighted by Crippen LogP contribution is 2.22. The smallest absolute Gasteiger partial charge is 0.243 e. The van der Waals surface area contributed by atoms with Gasteiger partial charge in [-0.1, -0.05) is 17.7 Å². The Morgan fingerprint density at radius 1 is 1.44 bits per heavy atom. The number of rotatable bonds is 3. The van der Waals surface area contributed by atoms with Gasteiger partial charge in [-0.3, -0.25) is 0 Å². The summed E-state index contributed by atoms with van der Waals surface area (Å²) in [5, 5.41) is 3.58. The number of hydrogen-bond acceptors (Lipinski definition) is 3. The van der Waals surface area contributed by atoms with Gasteiger partial charge in [0.25, 0.3) is 0 Å². The van der Waals surface area contributed by atoms with Crippen molar-refractivity contribution in [3.63, 3.8) is 0 Å². The lowest BCUT2D eigenvalue weighted by Gasteiger charge is -2.31. The number of halogens is 1. The summed E-state index contributed by atoms with van der Waals surface area (Å²) in [5.74, 6) is 0. The Bertz CT molecular complexity index is 519. The van der Waals surface area contributed by atoms with Gasteiger partial charge < -0.3 is 5.32 Å². The molecule has 0 bridgehead atoms. The number of sulfonamides is 1. The molecule has 1 aromatic carbocycles. The van der Waals surface area contributed by atoms with Crippen molar-refractivity contribution in [2.45, 2.75) is 23.8 Å². The van der Waals surface area contributed by atoms with Crippen LogP contribution in [0.1, 0.15) is 12.8 Å². The summed E-state index contributed by atoms with van der Waals surface area (Å²) in [6.45, 7) is 1.10. The van der Waals surface area contributed by atoms with E-state index in [0.717, 1.165) is 12.8 Å². The normalized spacial score (nSPS) is 22.0. The molecular weight excluding hydrogens is 272 g/mol. The lowest BCUT2D eigenvalue weighted by atomic mass is 10.1. The van der Waals surface area contributed by atoms with Crippen LogP contribution in [0.5, 0.6) is 0 Å². The van der Waals surface area contributed by atoms with Crippen LogP contribution in [-0.4, -0.2) is 38.9 Å². The Morgan fingerprint density at radius 3 is 2.89 bits per heavy atom. The molecule has 4 nitrogen and oxygen atoms in total. The molecule has 1 aliphatic rings. The van der Waals surface area contributed by atoms with E-state index in [9.17, 15) is 8.42 Å². The Morgan fingerprint density at radius 2 is 2.22 bits per heavy atom. The van der Waals surface area contributed by atoms with E-state index in [4.69, 9.17) is 11.6 Å². The van der Waals surface area contributed by atoms with E-state index in [1.54, 1.807) is 18.2 Å². The van der Waals surface area contributed by atoms with Crippen molar-refractivity contribution in [1.82, 2.24) is 9.62 Å². The first kappa shape index (κ1) is 13.8. The second kappa shape index (κ2) is 5.57. The van der Waals surface area contributed by atoms with Crippen molar-refractivity contribution in [2.75, 3.05) is 20.1 Å². The van der Waals surface area contributed by atoms with Gasteiger partial charge in [0.15, 0.2) is 0 Å². The molecule has 1 aromatic rings. The van der Waals surface area contributed by atoms with Gasteiger partial charge in [0.2, 0.25) is 10.0 Å². The van der Waals surface area contributed by atoms with Gasteiger partial charge in [0.05, 0.1) is 4.90 Å². The van der Waals surface area contributed by atoms with Crippen LogP contribution in [0.3, 0.4) is 0 Å². The molecule has 1 heterocycles. The largest absolute Gasteiger partial charge is 0.316 e. The molecule has 0 aliphatic carbocycles. The van der Waals surface area contributed by atoms with Gasteiger partial charge in [-0.2, -0.15) is 4.31 Å². The first-order valence-electron chi connectivity index (χ1n) is 5.97. The molecule has 1 atom stereocenters. The standard InChI is InChI=1S/C12H17ClN2O2S/c1-14-11-5-3-7-15(9-11)18(16,17)12-6-2-4-10(13)8-12/h2,4,6,8,11,14H,3,5,7,9H2,1H3/t11-/m0/s1. The predicted molar refractivity (Wildman–Crippen MR) is 72.3 cm³/mol. The summed E-state index contributed by atoms with van der Waals surface area (Å²) in [7, 11) is -1.56. The van der Waals surface area contributed by atoms with Crippen molar-refractivity contribution < 1.29 is 8.42 Å². The van der Waals surface area contributed by atoms with Crippen LogP contribution >= 0.6 is 11.6 Å². The first-order chi connectivity index (χ1) is 8.54. The molecule has 2 rings (SSSR count). The number of nitrogens with zero attached hydrogens (tertiary/aromatic N) is 1. The van der Waals surface area contributed by atoms with Crippen molar-refractivity contribution in [3.05, 3.63) is 29.3 Å². The third kappa shape index (κ3) is 2.85. The molecule has 0 spiro atoms. The minimum atomic E-state index is -3.42. The fourth-order valence-electron chi connectivity index (χ4n) is 2.17. The molecular formula is C12H17ClN2O2S. The fraction of sp³-hybridized carbons (Fsp3) is 0.500. The van der Waals surface area contributed by atoms with E-state index in [2.05, 4.69) is 5.32 Å². The minimum absolute atomic E-state index is 0.229. The van der Waals surface area contributed by atoms with Crippen LogP contribution in [0.4, 0.5) is 0 Å². The Kier molecular flexibility index (Phi) is 4.27. The van der Waals surface area contributed by atoms with Crippen LogP contribution in [0.25, 0.3) is 0 Å². The van der Waals surface area contributed by atoms with E-state index in [0.29, 0.717) is 18.1 Å². The van der Waals surface area contributed by atoms with Crippen LogP contribution in [-0.2, 0) is 10.0 Å². The van der Waals surface area contributed by atoms with E-state index >= 15 is 0 Å². The highest BCUT2D eigenvalue weighted by atomic mass is 35.5. The van der Waals surface area contributed by atoms with E-state index < -0.39 is 10.0 Å². The van der Waals surface area contributed by atoms with E-state index in [1.165, 1.54) is 10.4 Å². The molecule has 6 heteroatoms. The Hall–Kier alpha value is -0.620. The zero-order valence-corrected chi connectivity index (χ0v) is 11.8. The number of hydrogen-bond donors (Lipinski definition) is 1. The van der Waals surface area contributed by atoms with Crippen LogP contribution in [0, 0.1) is 0 Å². The highest BCUT2D eigenvalue weighted by Gasteiger charge is 2.29. The lowest BCUT2D eigenvalue weighted by Crippen LogP contribution is -2.46. The molecule has 0 amide bonds. The molecule has 1 saturated heterocycles. The van der Waals surface area contributed by atoms with Gasteiger partial charge in [0.1, 0.15) is 0 Å². The van der Waals surface area contributed by atoms with Gasteiger partial charge in [-0.15, -0.1) is 0 Å². The Balaban J connectivity index is 2.25. The Labute approximate surface area is 113 Å². The third-order valence-electron chi connectivity index (χ3n) is 3.23. The summed E-state index contributed by atoms with van der Waals surface area (Å²) in [6.07, 6.45) is 1.89. The summed E-state index contributed by atoms with van der Waals surface area (Å²) in [6, 6.07) is 6.65. The second-order valence-electron chi connectivity index (χ2n) is 4.45. The molecule has 18 heavy (non-hydrogen) atoms. The maximum atomic E-state index is 12.4. The van der Waals surface area contributed by atoms with E-state index in [-0.39, 0.29) is 10.9 Å². The van der Waals surface area contributed by atoms with Crippen molar-refractivity contribution in [1.29, 1.82) is 0 Å². The zero-order valence-electron chi connectivity index (χ0n) is 10.3. The van der Waals surface area contributed by atoms with Crippen LogP contribution in [0.2, 0.25) is 5.02 Å². The molecule has 1 N–H and O–H groups in total. The first-order valence-corrected chi connectivity index (χ1v) is 7.79. The summed E-state index contributed by atoms with van der Waals surface area (Å²) < 4.78 is 26.4. The third-order valence-corrected chi connectivity index (χ3v) is 5.32. The lowest BCUT2D eigenvalue weighted by molar-refractivity contribution is 0.293. The maximum absolute atomic E-state index is 12.4. The number of benzene rings is 1. The van der Waals surface area contributed by atoms with Gasteiger partial charge in [-0.25, -0.2) is 8.42 Å². The quantitative estimate of drug-likeness (QED) is 0.921. The number of likely N-dealkylation sites (N-methyl/N-ethyl adjacent to an activating group) is 1. The van der Waals surface area contributed by atoms with Gasteiger partial charge >= 0.3 is 0 Å². The average molecular weight is 289 g/mol. The molecule has 0 aromatic heterocycles. The SMILES string of the molecule is CN[C@H]1CCCN(S(=O)(=O)c2cccc(Cl)c2)C1. The van der Waals surface area contributed by atoms with Crippen molar-refractivity contribution >= 4 is 21.6 Å². The maximum Gasteiger partial charge on any atom is 0.243 e. The fourth-order valence-corrected chi connectivity index (χ4v) is 4.00. The monoisotopic (exact) mass is 288 g/mol. The van der Waals surface area contributed by atoms with Crippen molar-refractivity contribution in [3.8, 4) is 0 Å². The van der Waals surface area contributed by atoms with Gasteiger partial charge in [0, 0.05) is 24.2 Å². The summed E-state index contributed by atoms with van der Waals surface area (Å²) in [5.41, 5.74) is 0. The van der Waals surface area contributed by atoms with Crippen molar-refractivity contribution in [2.24, 2.45) is 0 Å². The number of nitrogens with one attached hydrogen (secondary N) is 1. The minimum Gasteiger partial charge on any atom is -0.316 e. The molecule has 0 saturated carbocycles. The van der Waals surface area contributed by atoms with Crippen LogP contribution < -0.4 is 5.32 Å². The molecule has 100 valence electrons. The number of piperidine rings is 1. The molecule has 0 radical (unpaired) electrons. The average Bonchev–Trinajstić information content (AvgIpc) is 2.39.